The summed E-state index contributed by atoms with van der Waals surface area (Å²) in [5, 5.41) is 14.3. The Morgan fingerprint density at radius 2 is 2.11 bits per heavy atom. The maximum absolute atomic E-state index is 11.7. The molecule has 1 unspecified atom stereocenters. The van der Waals surface area contributed by atoms with Gasteiger partial charge >= 0.3 is 11.8 Å². The van der Waals surface area contributed by atoms with E-state index >= 15 is 0 Å². The van der Waals surface area contributed by atoms with Crippen LogP contribution in [0.15, 0.2) is 24.3 Å². The van der Waals surface area contributed by atoms with E-state index in [1.165, 1.54) is 0 Å². The molecule has 19 heavy (non-hydrogen) atoms. The molecule has 0 saturated carbocycles. The van der Waals surface area contributed by atoms with Crippen LogP contribution in [0.1, 0.15) is 19.8 Å². The van der Waals surface area contributed by atoms with Gasteiger partial charge in [0, 0.05) is 23.4 Å². The van der Waals surface area contributed by atoms with Crippen LogP contribution in [0.2, 0.25) is 5.02 Å². The molecule has 1 aromatic rings. The monoisotopic (exact) mass is 284 g/mol. The van der Waals surface area contributed by atoms with Crippen LogP contribution in [0, 0.1) is 0 Å². The molecule has 104 valence electrons. The quantitative estimate of drug-likeness (QED) is 0.718. The maximum Gasteiger partial charge on any atom is 0.313 e. The summed E-state index contributed by atoms with van der Waals surface area (Å²) in [6.45, 7) is 1.84. The van der Waals surface area contributed by atoms with Crippen molar-refractivity contribution in [1.29, 1.82) is 0 Å². The number of amides is 2. The van der Waals surface area contributed by atoms with Crippen LogP contribution >= 0.6 is 11.6 Å². The SMILES string of the molecule is CCC(CCO)NC(=O)C(=O)Nc1cccc(Cl)c1. The Balaban J connectivity index is 2.55. The molecule has 0 aromatic heterocycles. The maximum atomic E-state index is 11.7. The zero-order valence-electron chi connectivity index (χ0n) is 10.6. The van der Waals surface area contributed by atoms with Crippen molar-refractivity contribution in [2.45, 2.75) is 25.8 Å². The van der Waals surface area contributed by atoms with Gasteiger partial charge in [-0.25, -0.2) is 0 Å². The predicted molar refractivity (Wildman–Crippen MR) is 74.0 cm³/mol. The van der Waals surface area contributed by atoms with Crippen LogP contribution in [-0.2, 0) is 9.59 Å². The molecule has 0 fully saturated rings. The molecule has 0 aliphatic rings. The lowest BCUT2D eigenvalue weighted by Gasteiger charge is -2.15. The number of carbonyl (C=O) groups is 2. The summed E-state index contributed by atoms with van der Waals surface area (Å²) in [5.41, 5.74) is 0.461. The van der Waals surface area contributed by atoms with Gasteiger partial charge in [0.25, 0.3) is 0 Å². The number of hydrogen-bond donors (Lipinski definition) is 3. The number of carbonyl (C=O) groups excluding carboxylic acids is 2. The first-order chi connectivity index (χ1) is 9.06. The summed E-state index contributed by atoms with van der Waals surface area (Å²) in [4.78, 5) is 23.3. The fraction of sp³-hybridized carbons (Fsp3) is 0.385. The molecule has 1 aromatic carbocycles. The molecule has 0 radical (unpaired) electrons. The third-order valence-corrected chi connectivity index (χ3v) is 2.83. The molecule has 0 saturated heterocycles. The van der Waals surface area contributed by atoms with E-state index in [0.717, 1.165) is 0 Å². The van der Waals surface area contributed by atoms with E-state index in [2.05, 4.69) is 10.6 Å². The molecule has 1 rings (SSSR count). The first-order valence-corrected chi connectivity index (χ1v) is 6.43. The van der Waals surface area contributed by atoms with Crippen molar-refractivity contribution in [3.63, 3.8) is 0 Å². The van der Waals surface area contributed by atoms with E-state index in [1.807, 2.05) is 6.92 Å². The van der Waals surface area contributed by atoms with Gasteiger partial charge in [-0.15, -0.1) is 0 Å². The minimum absolute atomic E-state index is 0.0330. The highest BCUT2D eigenvalue weighted by Gasteiger charge is 2.17. The number of benzene rings is 1. The molecule has 0 heterocycles. The Labute approximate surface area is 117 Å². The molecule has 1 atom stereocenters. The van der Waals surface area contributed by atoms with E-state index < -0.39 is 11.8 Å². The van der Waals surface area contributed by atoms with Crippen molar-refractivity contribution in [3.05, 3.63) is 29.3 Å². The Morgan fingerprint density at radius 1 is 1.37 bits per heavy atom. The van der Waals surface area contributed by atoms with Gasteiger partial charge in [-0.2, -0.15) is 0 Å². The molecular weight excluding hydrogens is 268 g/mol. The smallest absolute Gasteiger partial charge is 0.313 e. The third kappa shape index (κ3) is 5.28. The Morgan fingerprint density at radius 3 is 2.68 bits per heavy atom. The average Bonchev–Trinajstić information content (AvgIpc) is 2.38. The lowest BCUT2D eigenvalue weighted by molar-refractivity contribution is -0.136. The zero-order valence-corrected chi connectivity index (χ0v) is 11.4. The molecule has 6 heteroatoms. The Kier molecular flexibility index (Phi) is 6.32. The highest BCUT2D eigenvalue weighted by Crippen LogP contribution is 2.14. The van der Waals surface area contributed by atoms with Crippen molar-refractivity contribution < 1.29 is 14.7 Å². The van der Waals surface area contributed by atoms with Gasteiger partial charge in [-0.1, -0.05) is 24.6 Å². The highest BCUT2D eigenvalue weighted by molar-refractivity contribution is 6.39. The summed E-state index contributed by atoms with van der Waals surface area (Å²) in [7, 11) is 0. The van der Waals surface area contributed by atoms with Gasteiger partial charge in [-0.05, 0) is 31.0 Å². The van der Waals surface area contributed by atoms with E-state index in [9.17, 15) is 9.59 Å². The lowest BCUT2D eigenvalue weighted by Crippen LogP contribution is -2.42. The number of hydrogen-bond acceptors (Lipinski definition) is 3. The number of aliphatic hydroxyl groups excluding tert-OH is 1. The van der Waals surface area contributed by atoms with Crippen molar-refractivity contribution >= 4 is 29.1 Å². The third-order valence-electron chi connectivity index (χ3n) is 2.59. The Bertz CT molecular complexity index is 451. The van der Waals surface area contributed by atoms with Crippen LogP contribution in [-0.4, -0.2) is 29.6 Å². The van der Waals surface area contributed by atoms with Gasteiger partial charge in [0.05, 0.1) is 0 Å². The van der Waals surface area contributed by atoms with E-state index in [1.54, 1.807) is 24.3 Å². The second kappa shape index (κ2) is 7.76. The van der Waals surface area contributed by atoms with Crippen molar-refractivity contribution in [1.82, 2.24) is 5.32 Å². The molecule has 5 nitrogen and oxygen atoms in total. The largest absolute Gasteiger partial charge is 0.396 e. The van der Waals surface area contributed by atoms with Gasteiger partial charge in [0.1, 0.15) is 0 Å². The average molecular weight is 285 g/mol. The van der Waals surface area contributed by atoms with E-state index in [0.29, 0.717) is 23.6 Å². The summed E-state index contributed by atoms with van der Waals surface area (Å²) in [5.74, 6) is -1.47. The Hall–Kier alpha value is -1.59. The first kappa shape index (κ1) is 15.5. The summed E-state index contributed by atoms with van der Waals surface area (Å²) in [6, 6.07) is 6.34. The van der Waals surface area contributed by atoms with Crippen LogP contribution in [0.25, 0.3) is 0 Å². The normalized spacial score (nSPS) is 11.7. The van der Waals surface area contributed by atoms with Gasteiger partial charge in [0.2, 0.25) is 0 Å². The van der Waals surface area contributed by atoms with Gasteiger partial charge in [0.15, 0.2) is 0 Å². The molecular formula is C13H17ClN2O3. The van der Waals surface area contributed by atoms with Crippen molar-refractivity contribution in [2.75, 3.05) is 11.9 Å². The lowest BCUT2D eigenvalue weighted by atomic mass is 10.1. The van der Waals surface area contributed by atoms with Crippen LogP contribution in [0.5, 0.6) is 0 Å². The number of halogens is 1. The summed E-state index contributed by atoms with van der Waals surface area (Å²) < 4.78 is 0. The van der Waals surface area contributed by atoms with Crippen LogP contribution < -0.4 is 10.6 Å². The summed E-state index contributed by atoms with van der Waals surface area (Å²) in [6.07, 6.45) is 1.07. The minimum Gasteiger partial charge on any atom is -0.396 e. The number of rotatable bonds is 5. The molecule has 0 aliphatic carbocycles. The molecule has 0 spiro atoms. The van der Waals surface area contributed by atoms with E-state index in [-0.39, 0.29) is 12.6 Å². The van der Waals surface area contributed by atoms with E-state index in [4.69, 9.17) is 16.7 Å². The number of aliphatic hydroxyl groups is 1. The van der Waals surface area contributed by atoms with Crippen molar-refractivity contribution in [3.8, 4) is 0 Å². The molecule has 0 bridgehead atoms. The van der Waals surface area contributed by atoms with Crippen molar-refractivity contribution in [2.24, 2.45) is 0 Å². The zero-order chi connectivity index (χ0) is 14.3. The molecule has 0 aliphatic heterocycles. The molecule has 2 amide bonds. The van der Waals surface area contributed by atoms with Crippen LogP contribution in [0.4, 0.5) is 5.69 Å². The highest BCUT2D eigenvalue weighted by atomic mass is 35.5. The second-order valence-corrected chi connectivity index (χ2v) is 4.49. The fourth-order valence-electron chi connectivity index (χ4n) is 1.54. The van der Waals surface area contributed by atoms with Gasteiger partial charge in [-0.3, -0.25) is 9.59 Å². The molecule has 3 N–H and O–H groups in total. The van der Waals surface area contributed by atoms with Crippen LogP contribution in [0.3, 0.4) is 0 Å². The standard InChI is InChI=1S/C13H17ClN2O3/c1-2-10(6-7-17)15-12(18)13(19)16-11-5-3-4-9(14)8-11/h3-5,8,10,17H,2,6-7H2,1H3,(H,15,18)(H,16,19). The number of anilines is 1. The predicted octanol–water partition coefficient (Wildman–Crippen LogP) is 1.56. The number of nitrogens with one attached hydrogen (secondary N) is 2. The summed E-state index contributed by atoms with van der Waals surface area (Å²) >= 11 is 5.78. The first-order valence-electron chi connectivity index (χ1n) is 6.05. The topological polar surface area (TPSA) is 78.4 Å². The fourth-order valence-corrected chi connectivity index (χ4v) is 1.73. The second-order valence-electron chi connectivity index (χ2n) is 4.06. The van der Waals surface area contributed by atoms with Gasteiger partial charge < -0.3 is 15.7 Å². The minimum atomic E-state index is -0.751.